The monoisotopic (exact) mass is 211 g/mol. The van der Waals surface area contributed by atoms with Gasteiger partial charge >= 0.3 is 6.09 Å². The third-order valence-electron chi connectivity index (χ3n) is 1.47. The Labute approximate surface area is 87.8 Å². The molecule has 1 rings (SSSR count). The number of ether oxygens (including phenoxy) is 1. The van der Waals surface area contributed by atoms with Crippen LogP contribution in [0.5, 0.6) is 0 Å². The Morgan fingerprint density at radius 2 is 2.14 bits per heavy atom. The molecule has 1 aromatic rings. The van der Waals surface area contributed by atoms with E-state index >= 15 is 0 Å². The highest BCUT2D eigenvalue weighted by Crippen LogP contribution is 2.14. The van der Waals surface area contributed by atoms with E-state index in [-0.39, 0.29) is 6.09 Å². The zero-order valence-electron chi connectivity index (χ0n) is 8.03. The maximum atomic E-state index is 10.9. The molecule has 0 aliphatic carbocycles. The molecule has 0 saturated heterocycles. The van der Waals surface area contributed by atoms with Crippen molar-refractivity contribution in [2.45, 2.75) is 11.8 Å². The first-order chi connectivity index (χ1) is 6.83. The quantitative estimate of drug-likeness (QED) is 0.614. The maximum Gasteiger partial charge on any atom is 0.407 e. The molecule has 0 aliphatic heterocycles. The van der Waals surface area contributed by atoms with Gasteiger partial charge in [-0.15, -0.1) is 11.8 Å². The number of carbonyl (C=O) groups excluding carboxylic acids is 1. The number of amides is 1. The summed E-state index contributed by atoms with van der Waals surface area (Å²) in [6.45, 7) is 2.19. The van der Waals surface area contributed by atoms with E-state index in [4.69, 9.17) is 4.74 Å². The van der Waals surface area contributed by atoms with Gasteiger partial charge in [0.05, 0.1) is 12.5 Å². The fourth-order valence-electron chi connectivity index (χ4n) is 0.877. The van der Waals surface area contributed by atoms with Gasteiger partial charge in [-0.1, -0.05) is 18.2 Å². The summed E-state index contributed by atoms with van der Waals surface area (Å²) in [5.41, 5.74) is 0. The molecule has 14 heavy (non-hydrogen) atoms. The van der Waals surface area contributed by atoms with Crippen LogP contribution in [0.1, 0.15) is 6.92 Å². The Hall–Kier alpha value is -1.16. The van der Waals surface area contributed by atoms with E-state index in [1.54, 1.807) is 18.7 Å². The number of thioether (sulfide) groups is 1. The molecule has 1 N–H and O–H groups in total. The molecule has 4 heteroatoms. The van der Waals surface area contributed by atoms with Gasteiger partial charge in [0.2, 0.25) is 0 Å². The third kappa shape index (κ3) is 4.18. The lowest BCUT2D eigenvalue weighted by Crippen LogP contribution is -2.23. The van der Waals surface area contributed by atoms with Crippen LogP contribution in [0, 0.1) is 0 Å². The van der Waals surface area contributed by atoms with E-state index in [1.165, 1.54) is 0 Å². The zero-order chi connectivity index (χ0) is 10.2. The second-order valence-electron chi connectivity index (χ2n) is 2.50. The van der Waals surface area contributed by atoms with Gasteiger partial charge in [0.15, 0.2) is 0 Å². The van der Waals surface area contributed by atoms with Crippen LogP contribution in [0.3, 0.4) is 0 Å². The highest BCUT2D eigenvalue weighted by molar-refractivity contribution is 7.99. The lowest BCUT2D eigenvalue weighted by atomic mass is 10.4. The first-order valence-electron chi connectivity index (χ1n) is 4.41. The molecule has 0 fully saturated rings. The van der Waals surface area contributed by atoms with Crippen LogP contribution in [0.4, 0.5) is 4.79 Å². The van der Waals surface area contributed by atoms with Gasteiger partial charge in [0, 0.05) is 4.90 Å². The summed E-state index contributed by atoms with van der Waals surface area (Å²) >= 11 is 1.56. The number of nitrogens with one attached hydrogen (secondary N) is 1. The van der Waals surface area contributed by atoms with Gasteiger partial charge in [0.25, 0.3) is 0 Å². The fourth-order valence-corrected chi connectivity index (χ4v) is 1.58. The molecule has 0 spiro atoms. The van der Waals surface area contributed by atoms with Crippen LogP contribution >= 0.6 is 11.8 Å². The summed E-state index contributed by atoms with van der Waals surface area (Å²) in [5, 5.41) is 2.63. The lowest BCUT2D eigenvalue weighted by molar-refractivity contribution is 0.154. The summed E-state index contributed by atoms with van der Waals surface area (Å²) in [6.07, 6.45) is -0.365. The Bertz CT molecular complexity index is 277. The predicted octanol–water partition coefficient (Wildman–Crippen LogP) is 2.48. The summed E-state index contributed by atoms with van der Waals surface area (Å²) in [6, 6.07) is 9.89. The number of hydrogen-bond donors (Lipinski definition) is 1. The molecule has 76 valence electrons. The van der Waals surface area contributed by atoms with E-state index in [9.17, 15) is 4.79 Å². The first-order valence-corrected chi connectivity index (χ1v) is 5.40. The predicted molar refractivity (Wildman–Crippen MR) is 57.3 cm³/mol. The molecule has 0 unspecified atom stereocenters. The summed E-state index contributed by atoms with van der Waals surface area (Å²) in [4.78, 5) is 12.0. The number of benzene rings is 1. The molecule has 0 atom stereocenters. The molecular formula is C10H13NO2S. The molecular weight excluding hydrogens is 198 g/mol. The van der Waals surface area contributed by atoms with Crippen LogP contribution < -0.4 is 5.32 Å². The first kappa shape index (κ1) is 10.9. The molecule has 0 saturated carbocycles. The maximum absolute atomic E-state index is 10.9. The number of carbonyl (C=O) groups is 1. The molecule has 0 radical (unpaired) electrons. The standard InChI is InChI=1S/C10H13NO2S/c1-2-13-10(12)11-8-14-9-6-4-3-5-7-9/h3-7H,2,8H2,1H3,(H,11,12). The van der Waals surface area contributed by atoms with Gasteiger partial charge in [-0.25, -0.2) is 4.79 Å². The SMILES string of the molecule is CCOC(=O)NCSc1ccccc1. The number of rotatable bonds is 4. The van der Waals surface area contributed by atoms with Crippen molar-refractivity contribution in [1.82, 2.24) is 5.32 Å². The summed E-state index contributed by atoms with van der Waals surface area (Å²) in [7, 11) is 0. The Balaban J connectivity index is 2.19. The molecule has 0 aliphatic rings. The van der Waals surface area contributed by atoms with Crippen LogP contribution in [0.2, 0.25) is 0 Å². The summed E-state index contributed by atoms with van der Waals surface area (Å²) in [5.74, 6) is 0.531. The zero-order valence-corrected chi connectivity index (χ0v) is 8.84. The number of hydrogen-bond acceptors (Lipinski definition) is 3. The van der Waals surface area contributed by atoms with Crippen molar-refractivity contribution < 1.29 is 9.53 Å². The van der Waals surface area contributed by atoms with E-state index in [1.807, 2.05) is 30.3 Å². The van der Waals surface area contributed by atoms with Gasteiger partial charge < -0.3 is 10.1 Å². The average molecular weight is 211 g/mol. The van der Waals surface area contributed by atoms with Crippen molar-refractivity contribution in [3.8, 4) is 0 Å². The smallest absolute Gasteiger partial charge is 0.407 e. The second-order valence-corrected chi connectivity index (χ2v) is 3.55. The van der Waals surface area contributed by atoms with Gasteiger partial charge in [-0.2, -0.15) is 0 Å². The Kier molecular flexibility index (Phi) is 4.93. The van der Waals surface area contributed by atoms with Crippen LogP contribution in [-0.2, 0) is 4.74 Å². The van der Waals surface area contributed by atoms with Crippen molar-refractivity contribution in [3.63, 3.8) is 0 Å². The van der Waals surface area contributed by atoms with E-state index < -0.39 is 0 Å². The van der Waals surface area contributed by atoms with Gasteiger partial charge in [0.1, 0.15) is 0 Å². The van der Waals surface area contributed by atoms with Crippen molar-refractivity contribution in [2.24, 2.45) is 0 Å². The van der Waals surface area contributed by atoms with Crippen LogP contribution in [0.25, 0.3) is 0 Å². The van der Waals surface area contributed by atoms with E-state index in [0.717, 1.165) is 4.90 Å². The Morgan fingerprint density at radius 1 is 1.43 bits per heavy atom. The molecule has 1 amide bonds. The average Bonchev–Trinajstić information content (AvgIpc) is 2.20. The van der Waals surface area contributed by atoms with Crippen molar-refractivity contribution in [1.29, 1.82) is 0 Å². The minimum absolute atomic E-state index is 0.365. The highest BCUT2D eigenvalue weighted by Gasteiger charge is 1.98. The fraction of sp³-hybridized carbons (Fsp3) is 0.300. The Morgan fingerprint density at radius 3 is 2.79 bits per heavy atom. The third-order valence-corrected chi connectivity index (χ3v) is 2.37. The molecule has 3 nitrogen and oxygen atoms in total. The molecule has 0 aromatic heterocycles. The van der Waals surface area contributed by atoms with Crippen molar-refractivity contribution in [3.05, 3.63) is 30.3 Å². The second kappa shape index (κ2) is 6.32. The van der Waals surface area contributed by atoms with E-state index in [2.05, 4.69) is 5.32 Å². The summed E-state index contributed by atoms with van der Waals surface area (Å²) < 4.78 is 4.72. The molecule has 0 heterocycles. The van der Waals surface area contributed by atoms with Crippen molar-refractivity contribution >= 4 is 17.9 Å². The topological polar surface area (TPSA) is 38.3 Å². The van der Waals surface area contributed by atoms with Gasteiger partial charge in [-0.05, 0) is 19.1 Å². The number of alkyl carbamates (subject to hydrolysis) is 1. The molecule has 1 aromatic carbocycles. The lowest BCUT2D eigenvalue weighted by Gasteiger charge is -2.04. The van der Waals surface area contributed by atoms with Crippen LogP contribution in [0.15, 0.2) is 35.2 Å². The van der Waals surface area contributed by atoms with Crippen molar-refractivity contribution in [2.75, 3.05) is 12.5 Å². The largest absolute Gasteiger partial charge is 0.450 e. The molecule has 0 bridgehead atoms. The van der Waals surface area contributed by atoms with Gasteiger partial charge in [-0.3, -0.25) is 0 Å². The normalized spacial score (nSPS) is 9.50. The minimum atomic E-state index is -0.365. The van der Waals surface area contributed by atoms with Crippen LogP contribution in [-0.4, -0.2) is 18.6 Å². The highest BCUT2D eigenvalue weighted by atomic mass is 32.2. The van der Waals surface area contributed by atoms with E-state index in [0.29, 0.717) is 12.5 Å². The minimum Gasteiger partial charge on any atom is -0.450 e.